The molecule has 7 nitrogen and oxygen atoms in total. The van der Waals surface area contributed by atoms with E-state index in [4.69, 9.17) is 4.74 Å². The molecule has 1 aromatic heterocycles. The number of nitrogens with zero attached hydrogens (tertiary/aromatic N) is 2. The van der Waals surface area contributed by atoms with Crippen molar-refractivity contribution in [3.63, 3.8) is 0 Å². The molecule has 3 aromatic rings. The van der Waals surface area contributed by atoms with E-state index in [2.05, 4.69) is 10.3 Å². The van der Waals surface area contributed by atoms with Gasteiger partial charge in [0, 0.05) is 24.8 Å². The Morgan fingerprint density at radius 2 is 1.84 bits per heavy atom. The molecule has 0 aliphatic carbocycles. The van der Waals surface area contributed by atoms with Gasteiger partial charge in [0.2, 0.25) is 5.91 Å². The molecule has 0 atom stereocenters. The van der Waals surface area contributed by atoms with Gasteiger partial charge in [-0.25, -0.2) is 0 Å². The van der Waals surface area contributed by atoms with E-state index in [-0.39, 0.29) is 30.7 Å². The maximum atomic E-state index is 12.5. The number of aromatic nitrogens is 1. The van der Waals surface area contributed by atoms with Crippen molar-refractivity contribution in [1.29, 1.82) is 0 Å². The molecule has 0 saturated carbocycles. The Kier molecular flexibility index (Phi) is 5.49. The molecule has 4 rings (SSSR count). The zero-order chi connectivity index (χ0) is 22.0. The van der Waals surface area contributed by atoms with Gasteiger partial charge in [0.25, 0.3) is 11.8 Å². The molecule has 0 bridgehead atoms. The lowest BCUT2D eigenvalue weighted by molar-refractivity contribution is -0.116. The summed E-state index contributed by atoms with van der Waals surface area (Å²) in [7, 11) is 0. The van der Waals surface area contributed by atoms with Crippen molar-refractivity contribution in [2.75, 3.05) is 11.9 Å². The fourth-order valence-electron chi connectivity index (χ4n) is 3.42. The second-order valence-corrected chi connectivity index (χ2v) is 7.38. The minimum atomic E-state index is -0.361. The first-order chi connectivity index (χ1) is 14.9. The van der Waals surface area contributed by atoms with Crippen LogP contribution >= 0.6 is 0 Å². The highest BCUT2D eigenvalue weighted by atomic mass is 16.5. The average Bonchev–Trinajstić information content (AvgIpc) is 2.98. The Labute approximate surface area is 179 Å². The summed E-state index contributed by atoms with van der Waals surface area (Å²) in [6.07, 6.45) is 3.30. The van der Waals surface area contributed by atoms with Crippen molar-refractivity contribution in [3.05, 3.63) is 83.2 Å². The number of hydrogen-bond donors (Lipinski definition) is 1. The largest absolute Gasteiger partial charge is 0.455 e. The predicted molar refractivity (Wildman–Crippen MR) is 115 cm³/mol. The molecule has 7 heteroatoms. The van der Waals surface area contributed by atoms with Gasteiger partial charge in [-0.1, -0.05) is 11.6 Å². The molecule has 0 unspecified atom stereocenters. The average molecular weight is 415 g/mol. The lowest BCUT2D eigenvalue weighted by atomic mass is 10.1. The van der Waals surface area contributed by atoms with Crippen molar-refractivity contribution in [2.24, 2.45) is 0 Å². The molecule has 31 heavy (non-hydrogen) atoms. The standard InChI is InChI=1S/C24H21N3O4/c1-15-5-7-19-20(12-15)24(30)27(23(19)29)11-9-22(28)26-17-6-8-21(16(2)13-17)31-18-4-3-10-25-14-18/h3-8,10,12-14H,9,11H2,1-2H3,(H,26,28). The van der Waals surface area contributed by atoms with Gasteiger partial charge in [0.15, 0.2) is 0 Å². The molecule has 1 aliphatic heterocycles. The molecular weight excluding hydrogens is 394 g/mol. The molecule has 156 valence electrons. The summed E-state index contributed by atoms with van der Waals surface area (Å²) >= 11 is 0. The summed E-state index contributed by atoms with van der Waals surface area (Å²) in [5, 5.41) is 2.80. The van der Waals surface area contributed by atoms with Gasteiger partial charge in [0.05, 0.1) is 17.3 Å². The summed E-state index contributed by atoms with van der Waals surface area (Å²) in [6, 6.07) is 14.1. The minimum absolute atomic E-state index is 0.0113. The van der Waals surface area contributed by atoms with E-state index in [0.29, 0.717) is 28.3 Å². The number of amides is 3. The third-order valence-electron chi connectivity index (χ3n) is 5.01. The number of nitrogens with one attached hydrogen (secondary N) is 1. The van der Waals surface area contributed by atoms with Crippen molar-refractivity contribution in [2.45, 2.75) is 20.3 Å². The third kappa shape index (κ3) is 4.30. The first-order valence-corrected chi connectivity index (χ1v) is 9.87. The molecule has 0 fully saturated rings. The van der Waals surface area contributed by atoms with E-state index >= 15 is 0 Å². The maximum absolute atomic E-state index is 12.5. The van der Waals surface area contributed by atoms with Crippen LogP contribution in [0.2, 0.25) is 0 Å². The number of rotatable bonds is 6. The second-order valence-electron chi connectivity index (χ2n) is 7.38. The topological polar surface area (TPSA) is 88.6 Å². The van der Waals surface area contributed by atoms with Crippen molar-refractivity contribution >= 4 is 23.4 Å². The van der Waals surface area contributed by atoms with Crippen LogP contribution in [-0.2, 0) is 4.79 Å². The molecule has 0 radical (unpaired) electrons. The number of aryl methyl sites for hydroxylation is 2. The summed E-state index contributed by atoms with van der Waals surface area (Å²) in [6.45, 7) is 3.77. The van der Waals surface area contributed by atoms with Gasteiger partial charge < -0.3 is 10.1 Å². The number of carbonyl (C=O) groups excluding carboxylic acids is 3. The first kappa shape index (κ1) is 20.3. The van der Waals surface area contributed by atoms with Gasteiger partial charge in [-0.15, -0.1) is 0 Å². The van der Waals surface area contributed by atoms with E-state index in [0.717, 1.165) is 16.0 Å². The fourth-order valence-corrected chi connectivity index (χ4v) is 3.42. The van der Waals surface area contributed by atoms with Gasteiger partial charge in [-0.05, 0) is 61.9 Å². The maximum Gasteiger partial charge on any atom is 0.261 e. The highest BCUT2D eigenvalue weighted by molar-refractivity contribution is 6.21. The number of benzene rings is 2. The van der Waals surface area contributed by atoms with E-state index in [1.54, 1.807) is 54.9 Å². The van der Waals surface area contributed by atoms with Crippen molar-refractivity contribution < 1.29 is 19.1 Å². The van der Waals surface area contributed by atoms with Crippen LogP contribution < -0.4 is 10.1 Å². The Hall–Kier alpha value is -4.00. The molecule has 2 aromatic carbocycles. The van der Waals surface area contributed by atoms with Gasteiger partial charge in [-0.2, -0.15) is 0 Å². The third-order valence-corrected chi connectivity index (χ3v) is 5.01. The Morgan fingerprint density at radius 1 is 1.03 bits per heavy atom. The lowest BCUT2D eigenvalue weighted by Gasteiger charge is -2.14. The quantitative estimate of drug-likeness (QED) is 0.612. The van der Waals surface area contributed by atoms with Crippen LogP contribution in [0, 0.1) is 13.8 Å². The molecule has 0 saturated heterocycles. The Balaban J connectivity index is 1.36. The monoisotopic (exact) mass is 415 g/mol. The smallest absolute Gasteiger partial charge is 0.261 e. The van der Waals surface area contributed by atoms with Crippen LogP contribution in [0.25, 0.3) is 0 Å². The number of hydrogen-bond acceptors (Lipinski definition) is 5. The SMILES string of the molecule is Cc1ccc2c(c1)C(=O)N(CCC(=O)Nc1ccc(Oc3cccnc3)c(C)c1)C2=O. The summed E-state index contributed by atoms with van der Waals surface area (Å²) < 4.78 is 5.79. The van der Waals surface area contributed by atoms with Gasteiger partial charge in [-0.3, -0.25) is 24.3 Å². The molecule has 2 heterocycles. The number of imide groups is 1. The molecule has 1 N–H and O–H groups in total. The van der Waals surface area contributed by atoms with E-state index in [9.17, 15) is 14.4 Å². The highest BCUT2D eigenvalue weighted by Gasteiger charge is 2.35. The predicted octanol–water partition coefficient (Wildman–Crippen LogP) is 4.12. The summed E-state index contributed by atoms with van der Waals surface area (Å²) in [4.78, 5) is 42.5. The normalized spacial score (nSPS) is 12.6. The number of carbonyl (C=O) groups is 3. The molecule has 0 spiro atoms. The highest BCUT2D eigenvalue weighted by Crippen LogP contribution is 2.27. The Bertz CT molecular complexity index is 1170. The fraction of sp³-hybridized carbons (Fsp3) is 0.167. The molecular formula is C24H21N3O4. The molecule has 1 aliphatic rings. The van der Waals surface area contributed by atoms with Crippen LogP contribution in [0.15, 0.2) is 60.9 Å². The zero-order valence-electron chi connectivity index (χ0n) is 17.2. The molecule has 3 amide bonds. The number of ether oxygens (including phenoxy) is 1. The minimum Gasteiger partial charge on any atom is -0.455 e. The van der Waals surface area contributed by atoms with Crippen LogP contribution in [0.3, 0.4) is 0 Å². The van der Waals surface area contributed by atoms with Crippen molar-refractivity contribution in [1.82, 2.24) is 9.88 Å². The summed E-state index contributed by atoms with van der Waals surface area (Å²) in [5.74, 6) is 0.281. The van der Waals surface area contributed by atoms with Gasteiger partial charge >= 0.3 is 0 Å². The zero-order valence-corrected chi connectivity index (χ0v) is 17.2. The Morgan fingerprint density at radius 3 is 2.58 bits per heavy atom. The number of anilines is 1. The lowest BCUT2D eigenvalue weighted by Crippen LogP contribution is -2.32. The first-order valence-electron chi connectivity index (χ1n) is 9.87. The van der Waals surface area contributed by atoms with E-state index in [1.807, 2.05) is 19.9 Å². The van der Waals surface area contributed by atoms with Crippen molar-refractivity contribution in [3.8, 4) is 11.5 Å². The van der Waals surface area contributed by atoms with Gasteiger partial charge in [0.1, 0.15) is 11.5 Å². The van der Waals surface area contributed by atoms with E-state index < -0.39 is 0 Å². The van der Waals surface area contributed by atoms with Crippen LogP contribution in [-0.4, -0.2) is 34.2 Å². The van der Waals surface area contributed by atoms with Crippen LogP contribution in [0.1, 0.15) is 38.3 Å². The number of fused-ring (bicyclic) bond motifs is 1. The summed E-state index contributed by atoms with van der Waals surface area (Å²) in [5.41, 5.74) is 3.14. The number of pyridine rings is 1. The second kappa shape index (κ2) is 8.39. The van der Waals surface area contributed by atoms with E-state index in [1.165, 1.54) is 0 Å². The van der Waals surface area contributed by atoms with Crippen LogP contribution in [0.5, 0.6) is 11.5 Å². The van der Waals surface area contributed by atoms with Crippen LogP contribution in [0.4, 0.5) is 5.69 Å².